The fraction of sp³-hybridized carbons (Fsp3) is 0.281. The molecule has 0 saturated heterocycles. The van der Waals surface area contributed by atoms with Crippen LogP contribution >= 0.6 is 0 Å². The summed E-state index contributed by atoms with van der Waals surface area (Å²) in [5, 5.41) is 1.98. The minimum Gasteiger partial charge on any atom is -0.454 e. The lowest BCUT2D eigenvalue weighted by molar-refractivity contribution is -0.660. The SMILES string of the molecule is Cc1ccc2c(oc3c(-c4ccc(C(C)(C)C)c5c4CCC5)c(F)ccc32)c1-c1cccc[n+]1C. The number of aromatic nitrogens is 1. The molecule has 0 spiro atoms. The molecular weight excluding hydrogens is 433 g/mol. The monoisotopic (exact) mass is 464 g/mol. The molecular formula is C32H31FNO+. The number of hydrogen-bond donors (Lipinski definition) is 0. The lowest BCUT2D eigenvalue weighted by Gasteiger charge is -2.24. The summed E-state index contributed by atoms with van der Waals surface area (Å²) in [5.74, 6) is -0.224. The first-order valence-electron chi connectivity index (χ1n) is 12.5. The van der Waals surface area contributed by atoms with Gasteiger partial charge in [0.15, 0.2) is 6.20 Å². The van der Waals surface area contributed by atoms with E-state index < -0.39 is 0 Å². The number of nitrogens with zero attached hydrogens (tertiary/aromatic N) is 1. The highest BCUT2D eigenvalue weighted by atomic mass is 19.1. The van der Waals surface area contributed by atoms with Crippen LogP contribution in [-0.4, -0.2) is 0 Å². The van der Waals surface area contributed by atoms with E-state index in [1.807, 2.05) is 31.4 Å². The standard InChI is InChI=1S/C32H31FNO/c1-19-12-13-23-24-15-17-26(33)29(22-14-16-25(32(2,3)4)21-10-8-9-20(21)22)31(24)35-30(23)28(19)27-11-6-7-18-34(27)5/h6-7,11-18H,8-10H2,1-5H3/q+1. The number of fused-ring (bicyclic) bond motifs is 4. The van der Waals surface area contributed by atoms with Crippen molar-refractivity contribution in [3.05, 3.63) is 88.9 Å². The van der Waals surface area contributed by atoms with E-state index in [0.29, 0.717) is 11.1 Å². The van der Waals surface area contributed by atoms with Crippen LogP contribution in [0, 0.1) is 12.7 Å². The summed E-state index contributed by atoms with van der Waals surface area (Å²) in [4.78, 5) is 0. The molecule has 0 aliphatic heterocycles. The second-order valence-electron chi connectivity index (χ2n) is 11.0. The van der Waals surface area contributed by atoms with Crippen LogP contribution < -0.4 is 4.57 Å². The van der Waals surface area contributed by atoms with Crippen LogP contribution in [0.3, 0.4) is 0 Å². The lowest BCUT2D eigenvalue weighted by Crippen LogP contribution is -2.30. The van der Waals surface area contributed by atoms with Crippen molar-refractivity contribution in [1.29, 1.82) is 0 Å². The van der Waals surface area contributed by atoms with Crippen molar-refractivity contribution < 1.29 is 13.4 Å². The maximum Gasteiger partial charge on any atom is 0.216 e. The van der Waals surface area contributed by atoms with E-state index in [4.69, 9.17) is 4.42 Å². The van der Waals surface area contributed by atoms with Gasteiger partial charge in [-0.2, -0.15) is 0 Å². The second-order valence-corrected chi connectivity index (χ2v) is 11.0. The Hall–Kier alpha value is -3.46. The average Bonchev–Trinajstić information content (AvgIpc) is 3.44. The molecule has 0 unspecified atom stereocenters. The Morgan fingerprint density at radius 1 is 0.829 bits per heavy atom. The maximum absolute atomic E-state index is 15.6. The predicted octanol–water partition coefficient (Wildman–Crippen LogP) is 7.98. The van der Waals surface area contributed by atoms with E-state index in [0.717, 1.165) is 58.0 Å². The third kappa shape index (κ3) is 3.32. The zero-order valence-corrected chi connectivity index (χ0v) is 21.1. The summed E-state index contributed by atoms with van der Waals surface area (Å²) >= 11 is 0. The number of aryl methyl sites for hydroxylation is 2. The van der Waals surface area contributed by atoms with Gasteiger partial charge in [-0.05, 0) is 77.6 Å². The van der Waals surface area contributed by atoms with E-state index in [2.05, 4.69) is 62.6 Å². The highest BCUT2D eigenvalue weighted by Crippen LogP contribution is 2.45. The summed E-state index contributed by atoms with van der Waals surface area (Å²) in [6.45, 7) is 8.88. The first-order chi connectivity index (χ1) is 16.8. The molecule has 0 N–H and O–H groups in total. The molecule has 2 heterocycles. The maximum atomic E-state index is 15.6. The zero-order chi connectivity index (χ0) is 24.5. The fourth-order valence-corrected chi connectivity index (χ4v) is 5.97. The highest BCUT2D eigenvalue weighted by Gasteiger charge is 2.28. The van der Waals surface area contributed by atoms with Crippen molar-refractivity contribution >= 4 is 21.9 Å². The Morgan fingerprint density at radius 2 is 1.54 bits per heavy atom. The van der Waals surface area contributed by atoms with Crippen LogP contribution in [-0.2, 0) is 25.3 Å². The Morgan fingerprint density at radius 3 is 2.29 bits per heavy atom. The van der Waals surface area contributed by atoms with E-state index >= 15 is 4.39 Å². The summed E-state index contributed by atoms with van der Waals surface area (Å²) < 4.78 is 24.4. The molecule has 0 amide bonds. The summed E-state index contributed by atoms with van der Waals surface area (Å²) in [6, 6.07) is 18.2. The molecule has 1 aliphatic rings. The Bertz CT molecular complexity index is 1630. The predicted molar refractivity (Wildman–Crippen MR) is 141 cm³/mol. The van der Waals surface area contributed by atoms with Gasteiger partial charge < -0.3 is 4.42 Å². The molecule has 0 fully saturated rings. The number of furan rings is 1. The molecule has 176 valence electrons. The van der Waals surface area contributed by atoms with Crippen molar-refractivity contribution in [3.63, 3.8) is 0 Å². The third-order valence-electron chi connectivity index (χ3n) is 7.64. The first-order valence-corrected chi connectivity index (χ1v) is 12.5. The molecule has 2 nitrogen and oxygen atoms in total. The van der Waals surface area contributed by atoms with Crippen molar-refractivity contribution in [3.8, 4) is 22.4 Å². The number of pyridine rings is 1. The van der Waals surface area contributed by atoms with Gasteiger partial charge in [0.2, 0.25) is 5.69 Å². The Labute approximate surface area is 206 Å². The molecule has 3 heteroatoms. The van der Waals surface area contributed by atoms with Gasteiger partial charge in [-0.15, -0.1) is 0 Å². The number of rotatable bonds is 2. The first kappa shape index (κ1) is 22.0. The molecule has 2 aromatic heterocycles. The minimum atomic E-state index is -0.224. The Kier molecular flexibility index (Phi) is 4.90. The summed E-state index contributed by atoms with van der Waals surface area (Å²) in [7, 11) is 2.04. The molecule has 0 radical (unpaired) electrons. The molecule has 6 rings (SSSR count). The zero-order valence-electron chi connectivity index (χ0n) is 21.1. The van der Waals surface area contributed by atoms with Gasteiger partial charge >= 0.3 is 0 Å². The summed E-state index contributed by atoms with van der Waals surface area (Å²) in [5.41, 5.74) is 10.4. The molecule has 0 saturated carbocycles. The normalized spacial score (nSPS) is 13.7. The smallest absolute Gasteiger partial charge is 0.216 e. The second kappa shape index (κ2) is 7.78. The van der Waals surface area contributed by atoms with Crippen LogP contribution in [0.5, 0.6) is 0 Å². The van der Waals surface area contributed by atoms with Crippen LogP contribution in [0.1, 0.15) is 49.4 Å². The van der Waals surface area contributed by atoms with Crippen molar-refractivity contribution in [2.45, 2.75) is 52.4 Å². The van der Waals surface area contributed by atoms with Crippen LogP contribution in [0.25, 0.3) is 44.3 Å². The molecule has 0 bridgehead atoms. The molecule has 35 heavy (non-hydrogen) atoms. The molecule has 1 aliphatic carbocycles. The number of halogens is 1. The third-order valence-corrected chi connectivity index (χ3v) is 7.64. The van der Waals surface area contributed by atoms with Gasteiger partial charge in [0.05, 0.1) is 11.1 Å². The van der Waals surface area contributed by atoms with Gasteiger partial charge in [-0.1, -0.05) is 45.0 Å². The van der Waals surface area contributed by atoms with E-state index in [1.54, 1.807) is 6.07 Å². The van der Waals surface area contributed by atoms with Gasteiger partial charge in [0.25, 0.3) is 0 Å². The Balaban J connectivity index is 1.68. The van der Waals surface area contributed by atoms with Crippen molar-refractivity contribution in [2.75, 3.05) is 0 Å². The largest absolute Gasteiger partial charge is 0.454 e. The van der Waals surface area contributed by atoms with E-state index in [9.17, 15) is 0 Å². The highest BCUT2D eigenvalue weighted by molar-refractivity contribution is 6.13. The van der Waals surface area contributed by atoms with Crippen LogP contribution in [0.4, 0.5) is 4.39 Å². The molecule has 5 aromatic rings. The van der Waals surface area contributed by atoms with Gasteiger partial charge in [0.1, 0.15) is 24.0 Å². The summed E-state index contributed by atoms with van der Waals surface area (Å²) in [6.07, 6.45) is 5.19. The molecule has 0 atom stereocenters. The van der Waals surface area contributed by atoms with Gasteiger partial charge in [-0.3, -0.25) is 0 Å². The van der Waals surface area contributed by atoms with Crippen LogP contribution in [0.15, 0.2) is 65.2 Å². The minimum absolute atomic E-state index is 0.0640. The quantitative estimate of drug-likeness (QED) is 0.242. The van der Waals surface area contributed by atoms with Crippen molar-refractivity contribution in [1.82, 2.24) is 0 Å². The number of benzene rings is 3. The van der Waals surface area contributed by atoms with E-state index in [-0.39, 0.29) is 11.2 Å². The van der Waals surface area contributed by atoms with E-state index in [1.165, 1.54) is 16.7 Å². The average molecular weight is 465 g/mol. The lowest BCUT2D eigenvalue weighted by atomic mass is 9.80. The van der Waals surface area contributed by atoms with Crippen molar-refractivity contribution in [2.24, 2.45) is 7.05 Å². The number of hydrogen-bond acceptors (Lipinski definition) is 1. The van der Waals surface area contributed by atoms with Gasteiger partial charge in [-0.25, -0.2) is 8.96 Å². The topological polar surface area (TPSA) is 17.0 Å². The van der Waals surface area contributed by atoms with Crippen LogP contribution in [0.2, 0.25) is 0 Å². The fourth-order valence-electron chi connectivity index (χ4n) is 5.97. The molecule has 3 aromatic carbocycles. The van der Waals surface area contributed by atoms with Gasteiger partial charge in [0, 0.05) is 22.9 Å².